The van der Waals surface area contributed by atoms with E-state index in [9.17, 15) is 22.8 Å². The zero-order chi connectivity index (χ0) is 26.6. The molecule has 4 rings (SSSR count). The lowest BCUT2D eigenvalue weighted by molar-refractivity contribution is -0.274. The lowest BCUT2D eigenvalue weighted by Crippen LogP contribution is -2.47. The van der Waals surface area contributed by atoms with Crippen molar-refractivity contribution in [3.8, 4) is 16.3 Å². The minimum atomic E-state index is -4.98. The summed E-state index contributed by atoms with van der Waals surface area (Å²) >= 11 is 1.12. The number of nitrogens with zero attached hydrogens (tertiary/aromatic N) is 5. The maximum atomic E-state index is 12.9. The molecule has 37 heavy (non-hydrogen) atoms. The number of hydrogen-bond acceptors (Lipinski definition) is 9. The third kappa shape index (κ3) is 7.21. The van der Waals surface area contributed by atoms with E-state index >= 15 is 0 Å². The van der Waals surface area contributed by atoms with Gasteiger partial charge in [0.1, 0.15) is 0 Å². The Hall–Kier alpha value is -3.62. The van der Waals surface area contributed by atoms with Gasteiger partial charge < -0.3 is 15.0 Å². The van der Waals surface area contributed by atoms with Crippen molar-refractivity contribution in [2.75, 3.05) is 50.4 Å². The summed E-state index contributed by atoms with van der Waals surface area (Å²) in [5.74, 6) is -1.78. The fraction of sp³-hybridized carbons (Fsp3) is 0.348. The molecule has 1 aliphatic heterocycles. The smallest absolute Gasteiger partial charge is 0.404 e. The third-order valence-corrected chi connectivity index (χ3v) is 6.46. The molecule has 0 aliphatic carbocycles. The summed E-state index contributed by atoms with van der Waals surface area (Å²) < 4.78 is 42.9. The van der Waals surface area contributed by atoms with Gasteiger partial charge in [-0.25, -0.2) is 0 Å². The number of ether oxygens (including phenoxy) is 1. The van der Waals surface area contributed by atoms with Crippen LogP contribution in [0.3, 0.4) is 0 Å². The minimum absolute atomic E-state index is 0.00118. The van der Waals surface area contributed by atoms with E-state index in [1.165, 1.54) is 6.07 Å². The van der Waals surface area contributed by atoms with Crippen LogP contribution in [0, 0.1) is 6.92 Å². The number of aromatic nitrogens is 3. The second kappa shape index (κ2) is 11.2. The van der Waals surface area contributed by atoms with Crippen LogP contribution in [0.4, 0.5) is 24.0 Å². The quantitative estimate of drug-likeness (QED) is 0.474. The van der Waals surface area contributed by atoms with Gasteiger partial charge in [-0.05, 0) is 44.3 Å². The molecular weight excluding hydrogens is 511 g/mol. The van der Waals surface area contributed by atoms with Crippen molar-refractivity contribution in [3.63, 3.8) is 0 Å². The van der Waals surface area contributed by atoms with Crippen LogP contribution in [-0.2, 0) is 4.79 Å². The highest BCUT2D eigenvalue weighted by Crippen LogP contribution is 2.32. The topological polar surface area (TPSA) is 113 Å². The molecule has 2 amide bonds. The molecule has 1 aliphatic rings. The number of rotatable bonds is 7. The van der Waals surface area contributed by atoms with Gasteiger partial charge in [-0.15, -0.1) is 23.4 Å². The van der Waals surface area contributed by atoms with E-state index < -0.39 is 23.9 Å². The molecule has 0 bridgehead atoms. The summed E-state index contributed by atoms with van der Waals surface area (Å²) in [5.41, 5.74) is 1.24. The molecule has 0 radical (unpaired) electrons. The van der Waals surface area contributed by atoms with E-state index in [4.69, 9.17) is 0 Å². The van der Waals surface area contributed by atoms with Crippen molar-refractivity contribution in [1.82, 2.24) is 25.0 Å². The number of carbonyl (C=O) groups excluding carboxylic acids is 2. The zero-order valence-corrected chi connectivity index (χ0v) is 20.8. The van der Waals surface area contributed by atoms with Gasteiger partial charge in [0.15, 0.2) is 10.8 Å². The summed E-state index contributed by atoms with van der Waals surface area (Å²) in [6.45, 7) is 4.68. The molecule has 1 aromatic carbocycles. The van der Waals surface area contributed by atoms with E-state index in [1.807, 2.05) is 24.9 Å². The molecule has 0 atom stereocenters. The molecule has 2 N–H and O–H groups in total. The molecular formula is C23H24F3N7O3S. The second-order valence-corrected chi connectivity index (χ2v) is 9.37. The number of piperazine rings is 1. The first-order chi connectivity index (χ1) is 17.6. The number of pyridine rings is 1. The molecule has 0 unspecified atom stereocenters. The Kier molecular flexibility index (Phi) is 8.00. The fourth-order valence-corrected chi connectivity index (χ4v) is 4.46. The Morgan fingerprint density at radius 2 is 1.86 bits per heavy atom. The van der Waals surface area contributed by atoms with Gasteiger partial charge in [-0.1, -0.05) is 11.3 Å². The molecule has 10 nitrogen and oxygen atoms in total. The maximum Gasteiger partial charge on any atom is 0.573 e. The van der Waals surface area contributed by atoms with Crippen LogP contribution in [0.15, 0.2) is 36.5 Å². The highest BCUT2D eigenvalue weighted by molar-refractivity contribution is 7.18. The molecule has 0 saturated carbocycles. The number of nitrogens with one attached hydrogen (secondary N) is 2. The maximum absolute atomic E-state index is 12.9. The predicted molar refractivity (Wildman–Crippen MR) is 132 cm³/mol. The number of aryl methyl sites for hydroxylation is 1. The monoisotopic (exact) mass is 535 g/mol. The SMILES string of the molecule is Cc1ncccc1-c1nnc(NC(=O)c2ccc(OC(F)(F)F)c(NC(=O)CN3CCN(C)CC3)c2)s1. The van der Waals surface area contributed by atoms with Crippen molar-refractivity contribution in [2.45, 2.75) is 13.3 Å². The first-order valence-corrected chi connectivity index (χ1v) is 12.1. The average Bonchev–Trinajstić information content (AvgIpc) is 3.29. The lowest BCUT2D eigenvalue weighted by atomic mass is 10.1. The summed E-state index contributed by atoms with van der Waals surface area (Å²) in [6, 6.07) is 6.86. The van der Waals surface area contributed by atoms with Crippen molar-refractivity contribution in [3.05, 3.63) is 47.8 Å². The van der Waals surface area contributed by atoms with E-state index in [2.05, 4.69) is 35.5 Å². The first kappa shape index (κ1) is 26.4. The first-order valence-electron chi connectivity index (χ1n) is 11.2. The molecule has 1 saturated heterocycles. The molecule has 2 aromatic heterocycles. The Bertz CT molecular complexity index is 1280. The number of carbonyl (C=O) groups is 2. The van der Waals surface area contributed by atoms with Gasteiger partial charge in [0, 0.05) is 49.2 Å². The predicted octanol–water partition coefficient (Wildman–Crippen LogP) is 3.25. The van der Waals surface area contributed by atoms with E-state index in [-0.39, 0.29) is 22.9 Å². The lowest BCUT2D eigenvalue weighted by Gasteiger charge is -2.31. The Balaban J connectivity index is 1.49. The van der Waals surface area contributed by atoms with Crippen molar-refractivity contribution < 1.29 is 27.5 Å². The number of alkyl halides is 3. The number of likely N-dealkylation sites (N-methyl/N-ethyl adjacent to an activating group) is 1. The van der Waals surface area contributed by atoms with Gasteiger partial charge in [-0.2, -0.15) is 0 Å². The second-order valence-electron chi connectivity index (χ2n) is 8.39. The highest BCUT2D eigenvalue weighted by atomic mass is 32.1. The number of hydrogen-bond donors (Lipinski definition) is 2. The molecule has 0 spiro atoms. The van der Waals surface area contributed by atoms with Crippen molar-refractivity contribution in [2.24, 2.45) is 0 Å². The standard InChI is InChI=1S/C23H24F3N7O3S/c1-14-16(4-3-7-27-14)21-30-31-22(37-21)29-20(35)15-5-6-18(36-23(24,25)26)17(12-15)28-19(34)13-33-10-8-32(2)9-11-33/h3-7,12H,8-11,13H2,1-2H3,(H,28,34)(H,29,31,35). The number of amides is 2. The molecule has 1 fully saturated rings. The van der Waals surface area contributed by atoms with Crippen molar-refractivity contribution >= 4 is 34.0 Å². The number of benzene rings is 1. The molecule has 196 valence electrons. The Labute approximate surface area is 214 Å². The van der Waals surface area contributed by atoms with E-state index in [0.29, 0.717) is 18.1 Å². The summed E-state index contributed by atoms with van der Waals surface area (Å²) in [6.07, 6.45) is -3.33. The third-order valence-electron chi connectivity index (χ3n) is 5.59. The summed E-state index contributed by atoms with van der Waals surface area (Å²) in [4.78, 5) is 33.6. The molecule has 14 heteroatoms. The fourth-order valence-electron chi connectivity index (χ4n) is 3.64. The largest absolute Gasteiger partial charge is 0.573 e. The summed E-state index contributed by atoms with van der Waals surface area (Å²) in [5, 5.41) is 13.8. The van der Waals surface area contributed by atoms with Gasteiger partial charge in [0.2, 0.25) is 11.0 Å². The van der Waals surface area contributed by atoms with E-state index in [1.54, 1.807) is 12.3 Å². The minimum Gasteiger partial charge on any atom is -0.404 e. The molecule has 3 aromatic rings. The van der Waals surface area contributed by atoms with Crippen LogP contribution in [0.5, 0.6) is 5.75 Å². The van der Waals surface area contributed by atoms with Crippen LogP contribution in [0.25, 0.3) is 10.6 Å². The van der Waals surface area contributed by atoms with Crippen LogP contribution < -0.4 is 15.4 Å². The normalized spacial score (nSPS) is 14.8. The molecule has 3 heterocycles. The zero-order valence-electron chi connectivity index (χ0n) is 20.0. The summed E-state index contributed by atoms with van der Waals surface area (Å²) in [7, 11) is 1.97. The number of anilines is 2. The van der Waals surface area contributed by atoms with Crippen LogP contribution >= 0.6 is 11.3 Å². The highest BCUT2D eigenvalue weighted by Gasteiger charge is 2.33. The Morgan fingerprint density at radius 3 is 2.57 bits per heavy atom. The number of halogens is 3. The van der Waals surface area contributed by atoms with Crippen LogP contribution in [0.1, 0.15) is 16.1 Å². The Morgan fingerprint density at radius 1 is 1.11 bits per heavy atom. The van der Waals surface area contributed by atoms with Crippen LogP contribution in [-0.4, -0.2) is 82.9 Å². The average molecular weight is 536 g/mol. The van der Waals surface area contributed by atoms with Gasteiger partial charge >= 0.3 is 6.36 Å². The van der Waals surface area contributed by atoms with Gasteiger partial charge in [0.05, 0.1) is 12.2 Å². The van der Waals surface area contributed by atoms with Crippen LogP contribution in [0.2, 0.25) is 0 Å². The van der Waals surface area contributed by atoms with E-state index in [0.717, 1.165) is 47.8 Å². The van der Waals surface area contributed by atoms with Gasteiger partial charge in [0.25, 0.3) is 5.91 Å². The van der Waals surface area contributed by atoms with Gasteiger partial charge in [-0.3, -0.25) is 24.8 Å². The van der Waals surface area contributed by atoms with Crippen molar-refractivity contribution in [1.29, 1.82) is 0 Å².